The summed E-state index contributed by atoms with van der Waals surface area (Å²) in [4.78, 5) is 21.5. The van der Waals surface area contributed by atoms with Crippen LogP contribution in [0.4, 0.5) is 5.82 Å². The molecule has 2 rings (SSSR count). The summed E-state index contributed by atoms with van der Waals surface area (Å²) in [6, 6.07) is 0. The number of halogens is 1. The first kappa shape index (κ1) is 13.2. The minimum absolute atomic E-state index is 0.0994. The number of carbonyl (C=O) groups excluding carboxylic acids is 1. The van der Waals surface area contributed by atoms with E-state index < -0.39 is 0 Å². The zero-order valence-corrected chi connectivity index (χ0v) is 11.4. The monoisotopic (exact) mass is 269 g/mol. The molecule has 1 saturated heterocycles. The molecular weight excluding hydrogens is 254 g/mol. The van der Waals surface area contributed by atoms with Crippen molar-refractivity contribution in [2.75, 3.05) is 18.0 Å². The molecule has 2 atom stereocenters. The van der Waals surface area contributed by atoms with Gasteiger partial charge in [0.15, 0.2) is 6.29 Å². The van der Waals surface area contributed by atoms with Gasteiger partial charge >= 0.3 is 0 Å². The van der Waals surface area contributed by atoms with Crippen molar-refractivity contribution >= 4 is 23.7 Å². The number of aromatic nitrogens is 2. The average Bonchev–Trinajstić information content (AvgIpc) is 2.26. The normalized spacial score (nSPS) is 24.1. The number of aryl methyl sites for hydroxylation is 1. The lowest BCUT2D eigenvalue weighted by Gasteiger charge is -2.36. The molecule has 0 N–H and O–H groups in total. The SMILES string of the molecule is Cc1nc(Cl)c(C=O)c(N2C[C@@H](C)O[C@@H](C)C2)n1. The van der Waals surface area contributed by atoms with Gasteiger partial charge in [-0.15, -0.1) is 0 Å². The van der Waals surface area contributed by atoms with Gasteiger partial charge in [-0.25, -0.2) is 9.97 Å². The van der Waals surface area contributed by atoms with Crippen LogP contribution in [0.25, 0.3) is 0 Å². The second-order valence-corrected chi connectivity index (χ2v) is 4.94. The highest BCUT2D eigenvalue weighted by molar-refractivity contribution is 6.32. The Morgan fingerprint density at radius 3 is 2.50 bits per heavy atom. The number of nitrogens with zero attached hydrogens (tertiary/aromatic N) is 3. The number of morpholine rings is 1. The number of ether oxygens (including phenoxy) is 1. The fourth-order valence-electron chi connectivity index (χ4n) is 2.23. The van der Waals surface area contributed by atoms with Crippen LogP contribution in [0.2, 0.25) is 5.15 Å². The molecule has 0 radical (unpaired) electrons. The lowest BCUT2D eigenvalue weighted by atomic mass is 10.2. The highest BCUT2D eigenvalue weighted by Crippen LogP contribution is 2.25. The second-order valence-electron chi connectivity index (χ2n) is 4.58. The van der Waals surface area contributed by atoms with Crippen LogP contribution in [-0.4, -0.2) is 41.6 Å². The summed E-state index contributed by atoms with van der Waals surface area (Å²) in [7, 11) is 0. The van der Waals surface area contributed by atoms with E-state index in [9.17, 15) is 4.79 Å². The number of aldehydes is 1. The van der Waals surface area contributed by atoms with Gasteiger partial charge in [-0.1, -0.05) is 11.6 Å². The molecule has 18 heavy (non-hydrogen) atoms. The molecule has 0 spiro atoms. The van der Waals surface area contributed by atoms with Gasteiger partial charge < -0.3 is 9.64 Å². The lowest BCUT2D eigenvalue weighted by molar-refractivity contribution is -0.00551. The Balaban J connectivity index is 2.40. The molecule has 1 aromatic heterocycles. The number of rotatable bonds is 2. The van der Waals surface area contributed by atoms with Gasteiger partial charge in [0, 0.05) is 13.1 Å². The van der Waals surface area contributed by atoms with Gasteiger partial charge in [-0.05, 0) is 20.8 Å². The van der Waals surface area contributed by atoms with Crippen LogP contribution in [0.1, 0.15) is 30.0 Å². The summed E-state index contributed by atoms with van der Waals surface area (Å²) in [6.07, 6.45) is 0.909. The summed E-state index contributed by atoms with van der Waals surface area (Å²) in [5.41, 5.74) is 0.351. The van der Waals surface area contributed by atoms with Gasteiger partial charge in [-0.2, -0.15) is 0 Å². The maximum absolute atomic E-state index is 11.1. The molecular formula is C12H16ClN3O2. The molecule has 98 valence electrons. The first-order valence-corrected chi connectivity index (χ1v) is 6.28. The summed E-state index contributed by atoms with van der Waals surface area (Å²) in [6.45, 7) is 7.14. The van der Waals surface area contributed by atoms with Crippen molar-refractivity contribution in [2.24, 2.45) is 0 Å². The number of carbonyl (C=O) groups is 1. The van der Waals surface area contributed by atoms with Gasteiger partial charge in [0.1, 0.15) is 16.8 Å². The Bertz CT molecular complexity index is 457. The molecule has 6 heteroatoms. The van der Waals surface area contributed by atoms with Crippen molar-refractivity contribution in [3.63, 3.8) is 0 Å². The van der Waals surface area contributed by atoms with E-state index in [0.29, 0.717) is 36.6 Å². The van der Waals surface area contributed by atoms with Crippen LogP contribution in [0.5, 0.6) is 0 Å². The average molecular weight is 270 g/mol. The Kier molecular flexibility index (Phi) is 3.82. The Morgan fingerprint density at radius 1 is 1.33 bits per heavy atom. The second kappa shape index (κ2) is 5.20. The first-order chi connectivity index (χ1) is 8.51. The van der Waals surface area contributed by atoms with E-state index in [1.165, 1.54) is 0 Å². The minimum atomic E-state index is 0.0994. The largest absolute Gasteiger partial charge is 0.372 e. The third kappa shape index (κ3) is 2.62. The summed E-state index contributed by atoms with van der Waals surface area (Å²) < 4.78 is 5.67. The van der Waals surface area contributed by atoms with Gasteiger partial charge in [0.2, 0.25) is 0 Å². The summed E-state index contributed by atoms with van der Waals surface area (Å²) in [5.74, 6) is 1.16. The third-order valence-electron chi connectivity index (χ3n) is 2.83. The van der Waals surface area contributed by atoms with Crippen LogP contribution in [-0.2, 0) is 4.74 Å². The molecule has 0 saturated carbocycles. The topological polar surface area (TPSA) is 55.3 Å². The highest BCUT2D eigenvalue weighted by atomic mass is 35.5. The van der Waals surface area contributed by atoms with Gasteiger partial charge in [0.25, 0.3) is 0 Å². The van der Waals surface area contributed by atoms with Crippen LogP contribution >= 0.6 is 11.6 Å². The van der Waals surface area contributed by atoms with Gasteiger partial charge in [-0.3, -0.25) is 4.79 Å². The van der Waals surface area contributed by atoms with Crippen molar-refractivity contribution in [3.05, 3.63) is 16.5 Å². The Labute approximate surface area is 111 Å². The third-order valence-corrected chi connectivity index (χ3v) is 3.12. The standard InChI is InChI=1S/C12H16ClN3O2/c1-7-4-16(5-8(2)18-7)12-10(6-17)11(13)14-9(3)15-12/h6-8H,4-5H2,1-3H3/t7-,8+. The molecule has 2 heterocycles. The number of hydrogen-bond donors (Lipinski definition) is 0. The van der Waals surface area contributed by atoms with Gasteiger partial charge in [0.05, 0.1) is 17.8 Å². The van der Waals surface area contributed by atoms with Crippen molar-refractivity contribution in [1.82, 2.24) is 9.97 Å². The molecule has 0 aromatic carbocycles. The van der Waals surface area contributed by atoms with Crippen molar-refractivity contribution in [3.8, 4) is 0 Å². The van der Waals surface area contributed by atoms with E-state index in [-0.39, 0.29) is 17.4 Å². The molecule has 1 aliphatic heterocycles. The smallest absolute Gasteiger partial charge is 0.156 e. The molecule has 1 aromatic rings. The fourth-order valence-corrected chi connectivity index (χ4v) is 2.48. The van der Waals surface area contributed by atoms with Crippen LogP contribution in [0.15, 0.2) is 0 Å². The van der Waals surface area contributed by atoms with E-state index in [1.54, 1.807) is 6.92 Å². The predicted molar refractivity (Wildman–Crippen MR) is 69.4 cm³/mol. The zero-order valence-electron chi connectivity index (χ0n) is 10.7. The quantitative estimate of drug-likeness (QED) is 0.606. The molecule has 0 amide bonds. The number of anilines is 1. The van der Waals surface area contributed by atoms with Crippen molar-refractivity contribution < 1.29 is 9.53 Å². The zero-order chi connectivity index (χ0) is 13.3. The van der Waals surface area contributed by atoms with Crippen LogP contribution in [0.3, 0.4) is 0 Å². The van der Waals surface area contributed by atoms with Crippen LogP contribution in [0, 0.1) is 6.92 Å². The lowest BCUT2D eigenvalue weighted by Crippen LogP contribution is -2.46. The maximum atomic E-state index is 11.1. The van der Waals surface area contributed by atoms with Crippen LogP contribution < -0.4 is 4.90 Å². The highest BCUT2D eigenvalue weighted by Gasteiger charge is 2.26. The minimum Gasteiger partial charge on any atom is -0.372 e. The fraction of sp³-hybridized carbons (Fsp3) is 0.583. The van der Waals surface area contributed by atoms with E-state index in [1.807, 2.05) is 18.7 Å². The van der Waals surface area contributed by atoms with E-state index in [2.05, 4.69) is 9.97 Å². The summed E-state index contributed by atoms with van der Waals surface area (Å²) >= 11 is 5.99. The molecule has 5 nitrogen and oxygen atoms in total. The van der Waals surface area contributed by atoms with E-state index in [0.717, 1.165) is 0 Å². The van der Waals surface area contributed by atoms with Crippen molar-refractivity contribution in [1.29, 1.82) is 0 Å². The number of hydrogen-bond acceptors (Lipinski definition) is 5. The first-order valence-electron chi connectivity index (χ1n) is 5.91. The molecule has 1 fully saturated rings. The predicted octanol–water partition coefficient (Wildman–Crippen LogP) is 1.86. The molecule has 0 aliphatic carbocycles. The molecule has 1 aliphatic rings. The molecule has 0 bridgehead atoms. The molecule has 0 unspecified atom stereocenters. The van der Waals surface area contributed by atoms with E-state index in [4.69, 9.17) is 16.3 Å². The Hall–Kier alpha value is -1.20. The maximum Gasteiger partial charge on any atom is 0.156 e. The van der Waals surface area contributed by atoms with Crippen molar-refractivity contribution in [2.45, 2.75) is 33.0 Å². The Morgan fingerprint density at radius 2 is 1.94 bits per heavy atom. The van der Waals surface area contributed by atoms with E-state index >= 15 is 0 Å². The summed E-state index contributed by atoms with van der Waals surface area (Å²) in [5, 5.41) is 0.208.